The Kier molecular flexibility index (Phi) is 4.43. The molecule has 0 spiro atoms. The normalized spacial score (nSPS) is 11.0. The Bertz CT molecular complexity index is 838. The van der Waals surface area contributed by atoms with E-state index >= 15 is 0 Å². The quantitative estimate of drug-likeness (QED) is 0.436. The summed E-state index contributed by atoms with van der Waals surface area (Å²) in [6, 6.07) is 19.7. The number of nitrogens with zero attached hydrogens (tertiary/aromatic N) is 1. The van der Waals surface area contributed by atoms with E-state index in [1.807, 2.05) is 36.4 Å². The monoisotopic (exact) mass is 307 g/mol. The van der Waals surface area contributed by atoms with Gasteiger partial charge < -0.3 is 14.7 Å². The molecule has 0 saturated carbocycles. The van der Waals surface area contributed by atoms with Crippen molar-refractivity contribution >= 4 is 17.0 Å². The molecule has 0 bridgehead atoms. The summed E-state index contributed by atoms with van der Waals surface area (Å²) in [5.74, 6) is 1.16. The van der Waals surface area contributed by atoms with Gasteiger partial charge in [0.1, 0.15) is 6.61 Å². The van der Waals surface area contributed by atoms with Gasteiger partial charge in [0.25, 0.3) is 0 Å². The summed E-state index contributed by atoms with van der Waals surface area (Å²) in [6.07, 6.45) is 1.33. The predicted octanol–water partition coefficient (Wildman–Crippen LogP) is 4.24. The maximum atomic E-state index is 8.81. The second-order valence-electron chi connectivity index (χ2n) is 5.05. The van der Waals surface area contributed by atoms with Gasteiger partial charge in [0.05, 0.1) is 13.3 Å². The van der Waals surface area contributed by atoms with Crippen LogP contribution in [0.4, 0.5) is 0 Å². The van der Waals surface area contributed by atoms with Gasteiger partial charge in [-0.05, 0) is 28.5 Å². The van der Waals surface area contributed by atoms with Crippen LogP contribution in [0.5, 0.6) is 11.5 Å². The fraction of sp³-hybridized carbons (Fsp3) is 0.105. The van der Waals surface area contributed by atoms with Crippen LogP contribution in [0, 0.1) is 0 Å². The summed E-state index contributed by atoms with van der Waals surface area (Å²) in [4.78, 5) is 0. The Balaban J connectivity index is 1.94. The van der Waals surface area contributed by atoms with Gasteiger partial charge in [0.15, 0.2) is 11.5 Å². The van der Waals surface area contributed by atoms with Gasteiger partial charge in [-0.15, -0.1) is 0 Å². The SMILES string of the molecule is COc1cccc(C=NO)c1OCc1cccc2ccccc12. The van der Waals surface area contributed by atoms with E-state index in [4.69, 9.17) is 14.7 Å². The van der Waals surface area contributed by atoms with Crippen LogP contribution in [0.1, 0.15) is 11.1 Å². The Labute approximate surface area is 134 Å². The average molecular weight is 307 g/mol. The number of oxime groups is 1. The second kappa shape index (κ2) is 6.83. The Morgan fingerprint density at radius 3 is 2.61 bits per heavy atom. The predicted molar refractivity (Wildman–Crippen MR) is 90.7 cm³/mol. The molecule has 0 radical (unpaired) electrons. The molecule has 4 heteroatoms. The number of methoxy groups -OCH3 is 1. The summed E-state index contributed by atoms with van der Waals surface area (Å²) in [5.41, 5.74) is 1.74. The van der Waals surface area contributed by atoms with E-state index in [2.05, 4.69) is 23.4 Å². The first kappa shape index (κ1) is 14.9. The van der Waals surface area contributed by atoms with Gasteiger partial charge >= 0.3 is 0 Å². The van der Waals surface area contributed by atoms with Crippen molar-refractivity contribution in [2.75, 3.05) is 7.11 Å². The highest BCUT2D eigenvalue weighted by molar-refractivity contribution is 5.86. The van der Waals surface area contributed by atoms with E-state index in [0.717, 1.165) is 10.9 Å². The van der Waals surface area contributed by atoms with Gasteiger partial charge in [-0.3, -0.25) is 0 Å². The van der Waals surface area contributed by atoms with E-state index in [0.29, 0.717) is 23.7 Å². The molecule has 0 aliphatic heterocycles. The van der Waals surface area contributed by atoms with Crippen molar-refractivity contribution in [1.29, 1.82) is 0 Å². The number of para-hydroxylation sites is 1. The number of benzene rings is 3. The highest BCUT2D eigenvalue weighted by Gasteiger charge is 2.10. The summed E-state index contributed by atoms with van der Waals surface area (Å²) >= 11 is 0. The van der Waals surface area contributed by atoms with Gasteiger partial charge in [0.2, 0.25) is 0 Å². The van der Waals surface area contributed by atoms with Crippen LogP contribution in [0.15, 0.2) is 65.8 Å². The average Bonchev–Trinajstić information content (AvgIpc) is 2.60. The first-order valence-electron chi connectivity index (χ1n) is 7.27. The minimum absolute atomic E-state index is 0.397. The lowest BCUT2D eigenvalue weighted by Crippen LogP contribution is -2.01. The fourth-order valence-corrected chi connectivity index (χ4v) is 2.58. The van der Waals surface area contributed by atoms with E-state index in [1.54, 1.807) is 13.2 Å². The number of rotatable bonds is 5. The van der Waals surface area contributed by atoms with Crippen LogP contribution in [-0.4, -0.2) is 18.5 Å². The van der Waals surface area contributed by atoms with Crippen molar-refractivity contribution in [3.8, 4) is 11.5 Å². The second-order valence-corrected chi connectivity index (χ2v) is 5.05. The molecular weight excluding hydrogens is 290 g/mol. The highest BCUT2D eigenvalue weighted by Crippen LogP contribution is 2.31. The number of hydrogen-bond acceptors (Lipinski definition) is 4. The summed E-state index contributed by atoms with van der Waals surface area (Å²) in [7, 11) is 1.58. The van der Waals surface area contributed by atoms with Crippen LogP contribution in [-0.2, 0) is 6.61 Å². The summed E-state index contributed by atoms with van der Waals surface area (Å²) < 4.78 is 11.3. The topological polar surface area (TPSA) is 51.0 Å². The third-order valence-corrected chi connectivity index (χ3v) is 3.68. The molecule has 23 heavy (non-hydrogen) atoms. The molecule has 0 aliphatic carbocycles. The molecule has 3 aromatic rings. The molecule has 0 heterocycles. The molecule has 0 atom stereocenters. The molecular formula is C19H17NO3. The molecule has 3 aromatic carbocycles. The fourth-order valence-electron chi connectivity index (χ4n) is 2.58. The molecule has 0 fully saturated rings. The lowest BCUT2D eigenvalue weighted by molar-refractivity contribution is 0.284. The van der Waals surface area contributed by atoms with Crippen LogP contribution < -0.4 is 9.47 Å². The van der Waals surface area contributed by atoms with Crippen LogP contribution >= 0.6 is 0 Å². The minimum atomic E-state index is 0.397. The molecule has 0 aliphatic rings. The molecule has 1 N–H and O–H groups in total. The van der Waals surface area contributed by atoms with E-state index in [9.17, 15) is 0 Å². The lowest BCUT2D eigenvalue weighted by Gasteiger charge is -2.14. The minimum Gasteiger partial charge on any atom is -0.493 e. The summed E-state index contributed by atoms with van der Waals surface area (Å²) in [5, 5.41) is 14.2. The van der Waals surface area contributed by atoms with E-state index in [1.165, 1.54) is 11.6 Å². The molecule has 0 amide bonds. The lowest BCUT2D eigenvalue weighted by atomic mass is 10.1. The molecule has 0 unspecified atom stereocenters. The zero-order valence-electron chi connectivity index (χ0n) is 12.8. The maximum Gasteiger partial charge on any atom is 0.170 e. The number of hydrogen-bond donors (Lipinski definition) is 1. The molecule has 0 saturated heterocycles. The zero-order chi connectivity index (χ0) is 16.1. The van der Waals surface area contributed by atoms with Crippen molar-refractivity contribution in [2.45, 2.75) is 6.61 Å². The standard InChI is InChI=1S/C19H17NO3/c1-22-18-11-5-8-15(12-20-21)19(18)23-13-16-9-4-7-14-6-2-3-10-17(14)16/h2-12,21H,13H2,1H3. The molecule has 116 valence electrons. The van der Waals surface area contributed by atoms with Crippen molar-refractivity contribution in [2.24, 2.45) is 5.16 Å². The Morgan fingerprint density at radius 2 is 1.78 bits per heavy atom. The maximum absolute atomic E-state index is 8.81. The number of fused-ring (bicyclic) bond motifs is 1. The number of ether oxygens (including phenoxy) is 2. The molecule has 3 rings (SSSR count). The largest absolute Gasteiger partial charge is 0.493 e. The Morgan fingerprint density at radius 1 is 1.00 bits per heavy atom. The summed E-state index contributed by atoms with van der Waals surface area (Å²) in [6.45, 7) is 0.397. The van der Waals surface area contributed by atoms with Gasteiger partial charge in [-0.2, -0.15) is 0 Å². The van der Waals surface area contributed by atoms with Crippen molar-refractivity contribution in [3.05, 3.63) is 71.8 Å². The third kappa shape index (κ3) is 3.11. The van der Waals surface area contributed by atoms with Crippen LogP contribution in [0.25, 0.3) is 10.8 Å². The zero-order valence-corrected chi connectivity index (χ0v) is 12.8. The van der Waals surface area contributed by atoms with Crippen molar-refractivity contribution in [1.82, 2.24) is 0 Å². The molecule has 4 nitrogen and oxygen atoms in total. The van der Waals surface area contributed by atoms with Gasteiger partial charge in [-0.1, -0.05) is 53.7 Å². The van der Waals surface area contributed by atoms with E-state index < -0.39 is 0 Å². The van der Waals surface area contributed by atoms with Crippen molar-refractivity contribution in [3.63, 3.8) is 0 Å². The first-order valence-corrected chi connectivity index (χ1v) is 7.27. The van der Waals surface area contributed by atoms with Gasteiger partial charge in [-0.25, -0.2) is 0 Å². The van der Waals surface area contributed by atoms with Crippen LogP contribution in [0.2, 0.25) is 0 Å². The highest BCUT2D eigenvalue weighted by atomic mass is 16.5. The van der Waals surface area contributed by atoms with Gasteiger partial charge in [0, 0.05) is 5.56 Å². The first-order chi connectivity index (χ1) is 11.3. The van der Waals surface area contributed by atoms with E-state index in [-0.39, 0.29) is 0 Å². The molecule has 0 aromatic heterocycles. The Hall–Kier alpha value is -3.01. The van der Waals surface area contributed by atoms with Crippen LogP contribution in [0.3, 0.4) is 0 Å². The smallest absolute Gasteiger partial charge is 0.170 e. The van der Waals surface area contributed by atoms with Crippen molar-refractivity contribution < 1.29 is 14.7 Å². The third-order valence-electron chi connectivity index (χ3n) is 3.68.